The Hall–Kier alpha value is -1.63. The van der Waals surface area contributed by atoms with E-state index >= 15 is 0 Å². The molecule has 0 fully saturated rings. The summed E-state index contributed by atoms with van der Waals surface area (Å²) in [6.07, 6.45) is 0. The zero-order chi connectivity index (χ0) is 13.9. The van der Waals surface area contributed by atoms with Gasteiger partial charge in [-0.1, -0.05) is 19.0 Å². The van der Waals surface area contributed by atoms with Crippen LogP contribution in [-0.4, -0.2) is 27.4 Å². The standard InChI is InChI=1S/C11H17N3O3S/c1-6(2)8(7-5-18-10(12)13-7)14-17-11(3,4)9(15)16/h5-6H,1-4H3,(H2,12,13)(H,15,16)/b14-8+. The van der Waals surface area contributed by atoms with E-state index in [9.17, 15) is 4.79 Å². The molecule has 100 valence electrons. The van der Waals surface area contributed by atoms with Crippen LogP contribution in [0.4, 0.5) is 5.13 Å². The molecule has 18 heavy (non-hydrogen) atoms. The average Bonchev–Trinajstić information content (AvgIpc) is 2.64. The Bertz CT molecular complexity index is 466. The van der Waals surface area contributed by atoms with Gasteiger partial charge in [0.2, 0.25) is 5.60 Å². The van der Waals surface area contributed by atoms with Crippen molar-refractivity contribution in [1.82, 2.24) is 4.98 Å². The number of oxime groups is 1. The van der Waals surface area contributed by atoms with Crippen molar-refractivity contribution >= 4 is 28.1 Å². The van der Waals surface area contributed by atoms with E-state index in [0.29, 0.717) is 16.5 Å². The molecule has 0 spiro atoms. The van der Waals surface area contributed by atoms with Gasteiger partial charge >= 0.3 is 5.97 Å². The summed E-state index contributed by atoms with van der Waals surface area (Å²) in [6, 6.07) is 0. The Morgan fingerprint density at radius 1 is 1.61 bits per heavy atom. The number of aromatic nitrogens is 1. The molecule has 3 N–H and O–H groups in total. The summed E-state index contributed by atoms with van der Waals surface area (Å²) >= 11 is 1.30. The Balaban J connectivity index is 2.97. The second kappa shape index (κ2) is 5.34. The van der Waals surface area contributed by atoms with Gasteiger partial charge < -0.3 is 15.7 Å². The molecular weight excluding hydrogens is 254 g/mol. The van der Waals surface area contributed by atoms with Crippen LogP contribution < -0.4 is 5.73 Å². The molecule has 0 radical (unpaired) electrons. The van der Waals surface area contributed by atoms with Gasteiger partial charge in [-0.25, -0.2) is 9.78 Å². The third-order valence-corrected chi connectivity index (χ3v) is 2.89. The molecule has 0 aromatic carbocycles. The number of carboxylic acid groups (broad SMARTS) is 1. The molecule has 1 rings (SSSR count). The van der Waals surface area contributed by atoms with Crippen LogP contribution in [0.15, 0.2) is 10.5 Å². The zero-order valence-corrected chi connectivity index (χ0v) is 11.6. The number of hydrogen-bond donors (Lipinski definition) is 2. The minimum Gasteiger partial charge on any atom is -0.478 e. The van der Waals surface area contributed by atoms with Crippen molar-refractivity contribution in [3.05, 3.63) is 11.1 Å². The van der Waals surface area contributed by atoms with E-state index in [0.717, 1.165) is 0 Å². The van der Waals surface area contributed by atoms with E-state index in [1.165, 1.54) is 25.2 Å². The van der Waals surface area contributed by atoms with Crippen molar-refractivity contribution in [1.29, 1.82) is 0 Å². The van der Waals surface area contributed by atoms with Gasteiger partial charge in [-0.3, -0.25) is 0 Å². The largest absolute Gasteiger partial charge is 0.478 e. The van der Waals surface area contributed by atoms with Crippen LogP contribution in [0.5, 0.6) is 0 Å². The highest BCUT2D eigenvalue weighted by Crippen LogP contribution is 2.18. The first-order valence-corrected chi connectivity index (χ1v) is 6.33. The molecule has 0 atom stereocenters. The van der Waals surface area contributed by atoms with Gasteiger partial charge in [-0.2, -0.15) is 0 Å². The van der Waals surface area contributed by atoms with Crippen LogP contribution in [0.25, 0.3) is 0 Å². The first kappa shape index (κ1) is 14.4. The van der Waals surface area contributed by atoms with E-state index in [2.05, 4.69) is 10.1 Å². The van der Waals surface area contributed by atoms with Gasteiger partial charge in [0, 0.05) is 11.3 Å². The van der Waals surface area contributed by atoms with E-state index < -0.39 is 11.6 Å². The van der Waals surface area contributed by atoms with Gasteiger partial charge in [0.15, 0.2) is 5.13 Å². The van der Waals surface area contributed by atoms with Crippen molar-refractivity contribution in [3.8, 4) is 0 Å². The summed E-state index contributed by atoms with van der Waals surface area (Å²) in [5.74, 6) is -1.02. The number of thiazole rings is 1. The maximum absolute atomic E-state index is 10.9. The van der Waals surface area contributed by atoms with Crippen LogP contribution in [0, 0.1) is 5.92 Å². The SMILES string of the molecule is CC(C)/C(=N\OC(C)(C)C(=O)O)c1csc(N)n1. The molecule has 0 aliphatic rings. The lowest BCUT2D eigenvalue weighted by atomic mass is 10.1. The van der Waals surface area contributed by atoms with E-state index in [1.54, 1.807) is 5.38 Å². The van der Waals surface area contributed by atoms with Gasteiger partial charge in [-0.05, 0) is 13.8 Å². The van der Waals surface area contributed by atoms with Crippen LogP contribution in [0.3, 0.4) is 0 Å². The summed E-state index contributed by atoms with van der Waals surface area (Å²) in [6.45, 7) is 6.72. The number of nitrogens with zero attached hydrogens (tertiary/aromatic N) is 2. The number of rotatable bonds is 5. The lowest BCUT2D eigenvalue weighted by molar-refractivity contribution is -0.161. The minimum atomic E-state index is -1.37. The number of nitrogen functional groups attached to an aromatic ring is 1. The zero-order valence-electron chi connectivity index (χ0n) is 10.8. The Labute approximate surface area is 109 Å². The Morgan fingerprint density at radius 3 is 2.61 bits per heavy atom. The van der Waals surface area contributed by atoms with Crippen LogP contribution >= 0.6 is 11.3 Å². The van der Waals surface area contributed by atoms with E-state index in [4.69, 9.17) is 15.7 Å². The number of hydrogen-bond acceptors (Lipinski definition) is 6. The third kappa shape index (κ3) is 3.43. The lowest BCUT2D eigenvalue weighted by Gasteiger charge is -2.18. The molecule has 6 nitrogen and oxygen atoms in total. The maximum Gasteiger partial charge on any atom is 0.350 e. The van der Waals surface area contributed by atoms with Crippen molar-refractivity contribution in [3.63, 3.8) is 0 Å². The highest BCUT2D eigenvalue weighted by atomic mass is 32.1. The minimum absolute atomic E-state index is 0.0519. The third-order valence-electron chi connectivity index (χ3n) is 2.22. The number of carboxylic acids is 1. The normalized spacial score (nSPS) is 12.8. The average molecular weight is 271 g/mol. The number of carbonyl (C=O) groups is 1. The van der Waals surface area contributed by atoms with Crippen LogP contribution in [0.2, 0.25) is 0 Å². The summed E-state index contributed by atoms with van der Waals surface area (Å²) in [7, 11) is 0. The molecule has 7 heteroatoms. The number of anilines is 1. The first-order chi connectivity index (χ1) is 8.24. The molecule has 0 bridgehead atoms. The molecule has 1 aromatic rings. The molecule has 0 aliphatic carbocycles. The fourth-order valence-corrected chi connectivity index (χ4v) is 1.61. The highest BCUT2D eigenvalue weighted by Gasteiger charge is 2.30. The van der Waals surface area contributed by atoms with Crippen molar-refractivity contribution < 1.29 is 14.7 Å². The van der Waals surface area contributed by atoms with Gasteiger partial charge in [0.1, 0.15) is 11.4 Å². The fourth-order valence-electron chi connectivity index (χ4n) is 1.06. The fraction of sp³-hybridized carbons (Fsp3) is 0.545. The van der Waals surface area contributed by atoms with Gasteiger partial charge in [0.25, 0.3) is 0 Å². The van der Waals surface area contributed by atoms with E-state index in [1.807, 2.05) is 13.8 Å². The van der Waals surface area contributed by atoms with Gasteiger partial charge in [-0.15, -0.1) is 11.3 Å². The van der Waals surface area contributed by atoms with Crippen molar-refractivity contribution in [2.75, 3.05) is 5.73 Å². The van der Waals surface area contributed by atoms with Gasteiger partial charge in [0.05, 0.1) is 0 Å². The van der Waals surface area contributed by atoms with E-state index in [-0.39, 0.29) is 5.92 Å². The number of nitrogens with two attached hydrogens (primary N) is 1. The predicted molar refractivity (Wildman–Crippen MR) is 70.7 cm³/mol. The molecule has 0 unspecified atom stereocenters. The topological polar surface area (TPSA) is 97.8 Å². The van der Waals surface area contributed by atoms with Crippen LogP contribution in [-0.2, 0) is 9.63 Å². The first-order valence-electron chi connectivity index (χ1n) is 5.45. The molecule has 0 amide bonds. The molecule has 1 heterocycles. The molecule has 0 aliphatic heterocycles. The Morgan fingerprint density at radius 2 is 2.22 bits per heavy atom. The summed E-state index contributed by atoms with van der Waals surface area (Å²) in [5.41, 5.74) is 5.39. The van der Waals surface area contributed by atoms with Crippen molar-refractivity contribution in [2.45, 2.75) is 33.3 Å². The molecule has 0 saturated carbocycles. The van der Waals surface area contributed by atoms with Crippen molar-refractivity contribution in [2.24, 2.45) is 11.1 Å². The molecular formula is C11H17N3O3S. The summed E-state index contributed by atoms with van der Waals surface area (Å²) in [4.78, 5) is 20.1. The summed E-state index contributed by atoms with van der Waals surface area (Å²) in [5, 5.41) is 15.1. The number of aliphatic carboxylic acids is 1. The monoisotopic (exact) mass is 271 g/mol. The lowest BCUT2D eigenvalue weighted by Crippen LogP contribution is -2.33. The second-order valence-electron chi connectivity index (χ2n) is 4.61. The second-order valence-corrected chi connectivity index (χ2v) is 5.50. The summed E-state index contributed by atoms with van der Waals surface area (Å²) < 4.78 is 0. The molecule has 0 saturated heterocycles. The molecule has 1 aromatic heterocycles. The van der Waals surface area contributed by atoms with Crippen LogP contribution in [0.1, 0.15) is 33.4 Å². The smallest absolute Gasteiger partial charge is 0.350 e. The predicted octanol–water partition coefficient (Wildman–Crippen LogP) is 1.97. The highest BCUT2D eigenvalue weighted by molar-refractivity contribution is 7.13. The maximum atomic E-state index is 10.9. The quantitative estimate of drug-likeness (QED) is 0.630. The Kier molecular flexibility index (Phi) is 4.28.